The number of nitrogens with one attached hydrogen (secondary N) is 1. The van der Waals surface area contributed by atoms with Gasteiger partial charge >= 0.3 is 0 Å². The number of rotatable bonds is 7. The molecule has 0 aliphatic carbocycles. The number of aliphatic imine (C=N–C) groups is 1. The molecular formula is C25H34IN3O2. The van der Waals surface area contributed by atoms with Gasteiger partial charge in [0.05, 0.1) is 26.4 Å². The van der Waals surface area contributed by atoms with Crippen molar-refractivity contribution in [2.24, 2.45) is 10.4 Å². The molecule has 2 heterocycles. The summed E-state index contributed by atoms with van der Waals surface area (Å²) in [5, 5.41) is 3.47. The van der Waals surface area contributed by atoms with E-state index in [9.17, 15) is 0 Å². The average Bonchev–Trinajstić information content (AvgIpc) is 3.42. The van der Waals surface area contributed by atoms with Crippen molar-refractivity contribution < 1.29 is 9.47 Å². The molecule has 2 fully saturated rings. The molecule has 0 saturated carbocycles. The van der Waals surface area contributed by atoms with Gasteiger partial charge in [-0.3, -0.25) is 0 Å². The molecule has 4 rings (SSSR count). The van der Waals surface area contributed by atoms with Gasteiger partial charge < -0.3 is 19.7 Å². The molecule has 5 nitrogen and oxygen atoms in total. The molecule has 168 valence electrons. The van der Waals surface area contributed by atoms with Crippen molar-refractivity contribution >= 4 is 29.9 Å². The zero-order chi connectivity index (χ0) is 20.7. The first-order chi connectivity index (χ1) is 14.8. The summed E-state index contributed by atoms with van der Waals surface area (Å²) in [7, 11) is 0. The van der Waals surface area contributed by atoms with Gasteiger partial charge in [0, 0.05) is 31.7 Å². The molecule has 0 amide bonds. The summed E-state index contributed by atoms with van der Waals surface area (Å²) >= 11 is 0. The molecule has 0 bridgehead atoms. The highest BCUT2D eigenvalue weighted by Crippen LogP contribution is 2.38. The lowest BCUT2D eigenvalue weighted by atomic mass is 9.87. The van der Waals surface area contributed by atoms with E-state index < -0.39 is 0 Å². The van der Waals surface area contributed by atoms with E-state index in [0.29, 0.717) is 25.2 Å². The van der Waals surface area contributed by atoms with Crippen LogP contribution in [-0.4, -0.2) is 43.7 Å². The maximum atomic E-state index is 5.83. The number of ether oxygens (including phenoxy) is 2. The Morgan fingerprint density at radius 3 is 2.42 bits per heavy atom. The molecule has 0 aromatic heterocycles. The van der Waals surface area contributed by atoms with Crippen LogP contribution >= 0.6 is 24.0 Å². The number of likely N-dealkylation sites (tertiary alicyclic amines) is 1. The molecule has 31 heavy (non-hydrogen) atoms. The number of halogens is 1. The Labute approximate surface area is 203 Å². The average molecular weight is 535 g/mol. The van der Waals surface area contributed by atoms with Crippen molar-refractivity contribution in [1.82, 2.24) is 10.2 Å². The van der Waals surface area contributed by atoms with E-state index in [1.807, 2.05) is 18.2 Å². The summed E-state index contributed by atoms with van der Waals surface area (Å²) in [4.78, 5) is 7.32. The topological polar surface area (TPSA) is 46.1 Å². The van der Waals surface area contributed by atoms with Crippen molar-refractivity contribution in [3.05, 3.63) is 71.3 Å². The van der Waals surface area contributed by atoms with Crippen LogP contribution < -0.4 is 5.32 Å². The van der Waals surface area contributed by atoms with Gasteiger partial charge in [-0.2, -0.15) is 0 Å². The number of nitrogens with zero attached hydrogens (tertiary/aromatic N) is 2. The second kappa shape index (κ2) is 11.8. The molecule has 2 aliphatic heterocycles. The van der Waals surface area contributed by atoms with E-state index in [1.54, 1.807) is 0 Å². The molecule has 2 aromatic carbocycles. The predicted octanol–water partition coefficient (Wildman–Crippen LogP) is 4.60. The Kier molecular flexibility index (Phi) is 9.16. The Hall–Kier alpha value is -1.64. The largest absolute Gasteiger partial charge is 0.381 e. The number of hydrogen-bond acceptors (Lipinski definition) is 3. The molecule has 1 N–H and O–H groups in total. The van der Waals surface area contributed by atoms with Crippen LogP contribution in [0.1, 0.15) is 36.5 Å². The minimum atomic E-state index is 0. The zero-order valence-electron chi connectivity index (χ0n) is 18.4. The smallest absolute Gasteiger partial charge is 0.194 e. The SMILES string of the molecule is CCNC(=NCc1ccc(COCc2ccccc2)cc1)N1CCC2(CCOC2)C1.I. The molecule has 0 radical (unpaired) electrons. The van der Waals surface area contributed by atoms with E-state index in [-0.39, 0.29) is 24.0 Å². The van der Waals surface area contributed by atoms with Gasteiger partial charge in [0.1, 0.15) is 0 Å². The maximum Gasteiger partial charge on any atom is 0.194 e. The normalized spacial score (nSPS) is 20.8. The lowest BCUT2D eigenvalue weighted by Crippen LogP contribution is -2.41. The summed E-state index contributed by atoms with van der Waals surface area (Å²) in [6, 6.07) is 18.9. The second-order valence-electron chi connectivity index (χ2n) is 8.44. The minimum Gasteiger partial charge on any atom is -0.381 e. The molecule has 1 atom stereocenters. The fraction of sp³-hybridized carbons (Fsp3) is 0.480. The third-order valence-corrected chi connectivity index (χ3v) is 6.07. The van der Waals surface area contributed by atoms with Gasteiger partial charge in [0.25, 0.3) is 0 Å². The first-order valence-corrected chi connectivity index (χ1v) is 11.1. The van der Waals surface area contributed by atoms with Crippen LogP contribution in [0, 0.1) is 5.41 Å². The quantitative estimate of drug-likeness (QED) is 0.320. The highest BCUT2D eigenvalue weighted by atomic mass is 127. The zero-order valence-corrected chi connectivity index (χ0v) is 20.7. The first kappa shape index (κ1) is 24.0. The number of benzene rings is 2. The van der Waals surface area contributed by atoms with Crippen LogP contribution in [0.25, 0.3) is 0 Å². The first-order valence-electron chi connectivity index (χ1n) is 11.1. The van der Waals surface area contributed by atoms with Gasteiger partial charge in [-0.25, -0.2) is 4.99 Å². The fourth-order valence-corrected chi connectivity index (χ4v) is 4.28. The van der Waals surface area contributed by atoms with Crippen LogP contribution in [0.3, 0.4) is 0 Å². The van der Waals surface area contributed by atoms with E-state index in [0.717, 1.165) is 38.8 Å². The molecule has 2 aromatic rings. The molecule has 1 spiro atoms. The summed E-state index contributed by atoms with van der Waals surface area (Å²) in [5.74, 6) is 1.02. The summed E-state index contributed by atoms with van der Waals surface area (Å²) in [6.07, 6.45) is 2.38. The van der Waals surface area contributed by atoms with Gasteiger partial charge in [0.2, 0.25) is 0 Å². The van der Waals surface area contributed by atoms with Crippen molar-refractivity contribution in [2.75, 3.05) is 32.8 Å². The Bertz CT molecular complexity index is 820. The van der Waals surface area contributed by atoms with E-state index in [2.05, 4.69) is 53.5 Å². The lowest BCUT2D eigenvalue weighted by Gasteiger charge is -2.25. The minimum absolute atomic E-state index is 0. The van der Waals surface area contributed by atoms with Crippen LogP contribution in [-0.2, 0) is 29.2 Å². The highest BCUT2D eigenvalue weighted by molar-refractivity contribution is 14.0. The molecule has 2 aliphatic rings. The summed E-state index contributed by atoms with van der Waals surface area (Å²) in [6.45, 7) is 8.89. The summed E-state index contributed by atoms with van der Waals surface area (Å²) < 4.78 is 11.5. The van der Waals surface area contributed by atoms with Crippen molar-refractivity contribution in [3.63, 3.8) is 0 Å². The van der Waals surface area contributed by atoms with Crippen molar-refractivity contribution in [2.45, 2.75) is 39.5 Å². The van der Waals surface area contributed by atoms with E-state index >= 15 is 0 Å². The second-order valence-corrected chi connectivity index (χ2v) is 8.44. The molecule has 6 heteroatoms. The van der Waals surface area contributed by atoms with Gasteiger partial charge in [-0.1, -0.05) is 54.6 Å². The van der Waals surface area contributed by atoms with Crippen LogP contribution in [0.15, 0.2) is 59.6 Å². The maximum absolute atomic E-state index is 5.83. The monoisotopic (exact) mass is 535 g/mol. The Balaban J connectivity index is 0.00000272. The molecular weight excluding hydrogens is 501 g/mol. The van der Waals surface area contributed by atoms with Gasteiger partial charge in [0.15, 0.2) is 5.96 Å². The number of hydrogen-bond donors (Lipinski definition) is 1. The van der Waals surface area contributed by atoms with Crippen LogP contribution in [0.2, 0.25) is 0 Å². The van der Waals surface area contributed by atoms with Crippen molar-refractivity contribution in [1.29, 1.82) is 0 Å². The predicted molar refractivity (Wildman–Crippen MR) is 136 cm³/mol. The fourth-order valence-electron chi connectivity index (χ4n) is 4.28. The molecule has 1 unspecified atom stereocenters. The van der Waals surface area contributed by atoms with Gasteiger partial charge in [-0.15, -0.1) is 24.0 Å². The number of guanidine groups is 1. The van der Waals surface area contributed by atoms with E-state index in [1.165, 1.54) is 29.5 Å². The highest BCUT2D eigenvalue weighted by Gasteiger charge is 2.42. The van der Waals surface area contributed by atoms with E-state index in [4.69, 9.17) is 14.5 Å². The van der Waals surface area contributed by atoms with Crippen LogP contribution in [0.5, 0.6) is 0 Å². The third kappa shape index (κ3) is 6.67. The third-order valence-electron chi connectivity index (χ3n) is 6.07. The van der Waals surface area contributed by atoms with Crippen molar-refractivity contribution in [3.8, 4) is 0 Å². The summed E-state index contributed by atoms with van der Waals surface area (Å²) in [5.41, 5.74) is 3.95. The van der Waals surface area contributed by atoms with Gasteiger partial charge in [-0.05, 0) is 36.5 Å². The standard InChI is InChI=1S/C25H33N3O2.HI/c1-2-26-24(28-14-12-25(19-28)13-15-29-20-25)27-16-21-8-10-23(11-9-21)18-30-17-22-6-4-3-5-7-22;/h3-11H,2,12-20H2,1H3,(H,26,27);1H. The lowest BCUT2D eigenvalue weighted by molar-refractivity contribution is 0.107. The Morgan fingerprint density at radius 1 is 1.03 bits per heavy atom. The molecule has 2 saturated heterocycles. The van der Waals surface area contributed by atoms with Crippen LogP contribution in [0.4, 0.5) is 0 Å². The Morgan fingerprint density at radius 2 is 1.74 bits per heavy atom.